The molecule has 25 heavy (non-hydrogen) atoms. The summed E-state index contributed by atoms with van der Waals surface area (Å²) in [5.74, 6) is -1.17. The van der Waals surface area contributed by atoms with Gasteiger partial charge in [-0.2, -0.15) is 9.97 Å². The van der Waals surface area contributed by atoms with Crippen LogP contribution < -0.4 is 10.1 Å². The van der Waals surface area contributed by atoms with Crippen molar-refractivity contribution in [2.24, 2.45) is 0 Å². The number of benzene rings is 2. The third-order valence-electron chi connectivity index (χ3n) is 2.80. The zero-order chi connectivity index (χ0) is 29.2. The molecule has 0 fully saturated rings. The SMILES string of the molecule is [2H]c1c([2H])c([2H])c(C([2H])([2H])Nc2nc(OC([2H])([2H])c3c([2H])c([2H])c([2H])c([2H])c3[2H])c3[nH]cnc3n2)c([2H])c1[2H]. The van der Waals surface area contributed by atoms with E-state index in [1.54, 1.807) is 0 Å². The second kappa shape index (κ2) is 7.00. The predicted molar refractivity (Wildman–Crippen MR) is 96.2 cm³/mol. The molecule has 6 heteroatoms. The molecule has 0 aliphatic carbocycles. The van der Waals surface area contributed by atoms with Gasteiger partial charge in [-0.25, -0.2) is 4.98 Å². The molecule has 0 bridgehead atoms. The van der Waals surface area contributed by atoms with Gasteiger partial charge in [0.2, 0.25) is 11.8 Å². The summed E-state index contributed by atoms with van der Waals surface area (Å²) in [4.78, 5) is 14.4. The molecule has 2 aromatic heterocycles. The van der Waals surface area contributed by atoms with Crippen LogP contribution in [0.15, 0.2) is 66.8 Å². The van der Waals surface area contributed by atoms with Crippen LogP contribution in [0.3, 0.4) is 0 Å². The Morgan fingerprint density at radius 2 is 1.72 bits per heavy atom. The molecule has 2 heterocycles. The molecule has 0 unspecified atom stereocenters. The first kappa shape index (κ1) is 6.15. The summed E-state index contributed by atoms with van der Waals surface area (Å²) in [6.07, 6.45) is 1.14. The van der Waals surface area contributed by atoms with Crippen molar-refractivity contribution in [3.05, 3.63) is 77.9 Å². The quantitative estimate of drug-likeness (QED) is 0.559. The number of imidazole rings is 1. The fraction of sp³-hybridized carbons (Fsp3) is 0.105. The highest BCUT2D eigenvalue weighted by atomic mass is 16.5. The summed E-state index contributed by atoms with van der Waals surface area (Å²) >= 11 is 0. The maximum Gasteiger partial charge on any atom is 0.245 e. The number of hydrogen-bond donors (Lipinski definition) is 2. The maximum absolute atomic E-state index is 8.39. The molecule has 0 saturated heterocycles. The number of fused-ring (bicyclic) bond motifs is 1. The molecule has 2 N–H and O–H groups in total. The topological polar surface area (TPSA) is 75.7 Å². The third kappa shape index (κ3) is 3.58. The van der Waals surface area contributed by atoms with Gasteiger partial charge in [-0.05, 0) is 11.1 Å². The number of ether oxygens (including phenoxy) is 1. The summed E-state index contributed by atoms with van der Waals surface area (Å²) in [5, 5.41) is 2.21. The average molecular weight is 345 g/mol. The summed E-state index contributed by atoms with van der Waals surface area (Å²) in [6, 6.07) is -7.89. The first-order valence-corrected chi connectivity index (χ1v) is 6.82. The van der Waals surface area contributed by atoms with E-state index in [-0.39, 0.29) is 11.2 Å². The van der Waals surface area contributed by atoms with Gasteiger partial charge in [0.25, 0.3) is 0 Å². The van der Waals surface area contributed by atoms with Gasteiger partial charge in [-0.1, -0.05) is 60.4 Å². The number of nitrogens with zero attached hydrogens (tertiary/aromatic N) is 3. The van der Waals surface area contributed by atoms with Crippen LogP contribution in [0.1, 0.15) is 30.3 Å². The van der Waals surface area contributed by atoms with E-state index in [2.05, 4.69) is 25.3 Å². The largest absolute Gasteiger partial charge is 0.471 e. The van der Waals surface area contributed by atoms with Crippen molar-refractivity contribution in [2.45, 2.75) is 13.1 Å². The van der Waals surface area contributed by atoms with Crippen LogP contribution in [0.25, 0.3) is 11.2 Å². The van der Waals surface area contributed by atoms with Crippen LogP contribution in [-0.2, 0) is 13.1 Å². The van der Waals surface area contributed by atoms with Crippen LogP contribution >= 0.6 is 0 Å². The third-order valence-corrected chi connectivity index (χ3v) is 2.80. The van der Waals surface area contributed by atoms with E-state index in [9.17, 15) is 0 Å². The average Bonchev–Trinajstić information content (AvgIpc) is 3.32. The molecule has 6 nitrogen and oxygen atoms in total. The number of aromatic nitrogens is 4. The molecule has 124 valence electrons. The van der Waals surface area contributed by atoms with E-state index in [0.29, 0.717) is 0 Å². The number of nitrogens with one attached hydrogen (secondary N) is 2. The summed E-state index contributed by atoms with van der Waals surface area (Å²) in [5.41, 5.74) is -1.80. The Hall–Kier alpha value is -3.41. The lowest BCUT2D eigenvalue weighted by molar-refractivity contribution is 0.297. The van der Waals surface area contributed by atoms with Gasteiger partial charge in [0, 0.05) is 6.50 Å². The molecule has 4 aromatic rings. The van der Waals surface area contributed by atoms with Crippen molar-refractivity contribution in [1.29, 1.82) is 0 Å². The Morgan fingerprint density at radius 3 is 2.48 bits per heavy atom. The van der Waals surface area contributed by atoms with Gasteiger partial charge in [-0.3, -0.25) is 0 Å². The van der Waals surface area contributed by atoms with Crippen LogP contribution in [0.2, 0.25) is 0 Å². The molecule has 0 aliphatic heterocycles. The van der Waals surface area contributed by atoms with Gasteiger partial charge >= 0.3 is 0 Å². The molecule has 0 radical (unpaired) electrons. The van der Waals surface area contributed by atoms with Crippen molar-refractivity contribution in [3.8, 4) is 5.88 Å². The van der Waals surface area contributed by atoms with Crippen LogP contribution in [0.5, 0.6) is 5.88 Å². The molecule has 0 spiro atoms. The van der Waals surface area contributed by atoms with Crippen molar-refractivity contribution in [2.75, 3.05) is 5.32 Å². The fourth-order valence-corrected chi connectivity index (χ4v) is 1.77. The normalized spacial score (nSPS) is 19.8. The maximum atomic E-state index is 8.39. The van der Waals surface area contributed by atoms with E-state index in [1.165, 1.54) is 0 Å². The smallest absolute Gasteiger partial charge is 0.245 e. The van der Waals surface area contributed by atoms with Crippen molar-refractivity contribution >= 4 is 17.1 Å². The minimum Gasteiger partial charge on any atom is -0.471 e. The number of H-pyrrole nitrogens is 1. The first-order chi connectivity index (χ1) is 18.0. The lowest BCUT2D eigenvalue weighted by Gasteiger charge is -2.09. The standard InChI is InChI=1S/C19H17N5O/c1-3-7-14(8-4-1)11-20-19-23-17-16(21-13-22-17)18(24-19)25-12-15-9-5-2-6-10-15/h1-10,13H,11-12H2,(H2,20,21,22,23,24)/i1D,2D,3D,4D,5D,6D,7D,8D,9D,10D,11D2,12D2. The second-order valence-electron chi connectivity index (χ2n) is 4.41. The zero-order valence-electron chi connectivity index (χ0n) is 26.3. The molecule has 0 atom stereocenters. The van der Waals surface area contributed by atoms with E-state index in [0.717, 1.165) is 6.33 Å². The minimum atomic E-state index is -3.05. The van der Waals surface area contributed by atoms with E-state index in [4.69, 9.17) is 23.9 Å². The molecule has 2 aromatic carbocycles. The molecule has 0 aliphatic rings. The van der Waals surface area contributed by atoms with Crippen LogP contribution in [0, 0.1) is 0 Å². The number of anilines is 1. The Balaban J connectivity index is 1.81. The minimum absolute atomic E-state index is 0.0832. The van der Waals surface area contributed by atoms with Crippen LogP contribution in [-0.4, -0.2) is 19.9 Å². The van der Waals surface area contributed by atoms with E-state index in [1.807, 2.05) is 0 Å². The lowest BCUT2D eigenvalue weighted by Crippen LogP contribution is -2.06. The monoisotopic (exact) mass is 345 g/mol. The van der Waals surface area contributed by atoms with Gasteiger partial charge in [0.1, 0.15) is 12.1 Å². The van der Waals surface area contributed by atoms with E-state index >= 15 is 0 Å². The van der Waals surface area contributed by atoms with Crippen LogP contribution in [0.4, 0.5) is 5.95 Å². The lowest BCUT2D eigenvalue weighted by atomic mass is 10.2. The van der Waals surface area contributed by atoms with Crippen molar-refractivity contribution < 1.29 is 23.9 Å². The number of hydrogen-bond acceptors (Lipinski definition) is 5. The number of rotatable bonds is 6. The first-order valence-electron chi connectivity index (χ1n) is 13.8. The molecule has 0 saturated carbocycles. The number of aromatic amines is 1. The summed E-state index contributed by atoms with van der Waals surface area (Å²) in [6.45, 7) is -5.90. The van der Waals surface area contributed by atoms with Gasteiger partial charge < -0.3 is 15.0 Å². The molecular weight excluding hydrogens is 314 g/mol. The molecule has 0 amide bonds. The van der Waals surface area contributed by atoms with Crippen molar-refractivity contribution in [1.82, 2.24) is 19.9 Å². The second-order valence-corrected chi connectivity index (χ2v) is 4.41. The van der Waals surface area contributed by atoms with Crippen molar-refractivity contribution in [3.63, 3.8) is 0 Å². The van der Waals surface area contributed by atoms with Gasteiger partial charge in [-0.15, -0.1) is 0 Å². The Morgan fingerprint density at radius 1 is 1.00 bits per heavy atom. The highest BCUT2D eigenvalue weighted by molar-refractivity contribution is 5.76. The highest BCUT2D eigenvalue weighted by Gasteiger charge is 2.11. The predicted octanol–water partition coefficient (Wildman–Crippen LogP) is 3.54. The van der Waals surface area contributed by atoms with E-state index < -0.39 is 96.4 Å². The Kier molecular flexibility index (Phi) is 1.72. The molecular formula is C19H17N5O. The fourth-order valence-electron chi connectivity index (χ4n) is 1.77. The summed E-state index contributed by atoms with van der Waals surface area (Å²) in [7, 11) is 0. The molecule has 4 rings (SSSR count). The summed E-state index contributed by atoms with van der Waals surface area (Å²) < 4.78 is 118. The zero-order valence-corrected chi connectivity index (χ0v) is 12.3. The Bertz CT molecular complexity index is 1580. The van der Waals surface area contributed by atoms with Gasteiger partial charge in [0.15, 0.2) is 5.65 Å². The Labute approximate surface area is 164 Å². The van der Waals surface area contributed by atoms with Gasteiger partial charge in [0.05, 0.1) is 25.5 Å². The highest BCUT2D eigenvalue weighted by Crippen LogP contribution is 2.22.